The van der Waals surface area contributed by atoms with E-state index in [2.05, 4.69) is 25.5 Å². The average molecular weight is 609 g/mol. The van der Waals surface area contributed by atoms with Crippen molar-refractivity contribution in [2.45, 2.75) is 56.1 Å². The highest BCUT2D eigenvalue weighted by atomic mass is 32.2. The summed E-state index contributed by atoms with van der Waals surface area (Å²) in [7, 11) is -4.51. The normalized spacial score (nSPS) is 15.1. The smallest absolute Gasteiger partial charge is 0.350 e. The van der Waals surface area contributed by atoms with E-state index in [4.69, 9.17) is 0 Å². The van der Waals surface area contributed by atoms with Crippen molar-refractivity contribution in [3.63, 3.8) is 0 Å². The number of rotatable bonds is 10. The van der Waals surface area contributed by atoms with Crippen LogP contribution in [0.4, 0.5) is 13.2 Å². The molecule has 0 bridgehead atoms. The highest BCUT2D eigenvalue weighted by Crippen LogP contribution is 2.40. The molecule has 0 saturated heterocycles. The van der Waals surface area contributed by atoms with E-state index >= 15 is 0 Å². The number of halogens is 3. The quantitative estimate of drug-likeness (QED) is 0.214. The predicted molar refractivity (Wildman–Crippen MR) is 147 cm³/mol. The third kappa shape index (κ3) is 6.36. The van der Waals surface area contributed by atoms with E-state index in [0.717, 1.165) is 26.2 Å². The van der Waals surface area contributed by atoms with Crippen LogP contribution in [0.15, 0.2) is 46.1 Å². The van der Waals surface area contributed by atoms with Crippen LogP contribution in [0.5, 0.6) is 0 Å². The number of benzene rings is 2. The number of carbonyl (C=O) groups excluding carboxylic acids is 1. The van der Waals surface area contributed by atoms with Gasteiger partial charge in [-0.1, -0.05) is 49.6 Å². The summed E-state index contributed by atoms with van der Waals surface area (Å²) >= 11 is 1.17. The fourth-order valence-electron chi connectivity index (χ4n) is 4.63. The summed E-state index contributed by atoms with van der Waals surface area (Å²) in [6.45, 7) is 0.963. The summed E-state index contributed by atoms with van der Waals surface area (Å²) in [6, 6.07) is 7.16. The number of aromatic amines is 2. The molecule has 5 rings (SSSR count). The monoisotopic (exact) mass is 608 g/mol. The van der Waals surface area contributed by atoms with Crippen molar-refractivity contribution < 1.29 is 26.4 Å². The Balaban J connectivity index is 1.49. The van der Waals surface area contributed by atoms with Gasteiger partial charge in [-0.2, -0.15) is 23.0 Å². The van der Waals surface area contributed by atoms with Gasteiger partial charge in [0.15, 0.2) is 5.01 Å². The number of sulfonamides is 1. The van der Waals surface area contributed by atoms with Gasteiger partial charge in [0.2, 0.25) is 10.0 Å². The number of nitrogens with one attached hydrogen (secondary N) is 4. The second-order valence-electron chi connectivity index (χ2n) is 9.97. The Kier molecular flexibility index (Phi) is 8.03. The van der Waals surface area contributed by atoms with E-state index in [9.17, 15) is 31.2 Å². The van der Waals surface area contributed by atoms with Crippen molar-refractivity contribution >= 4 is 38.0 Å². The number of thiazole rings is 1. The summed E-state index contributed by atoms with van der Waals surface area (Å²) < 4.78 is 67.1. The number of hydrogen-bond acceptors (Lipinski definition) is 7. The Morgan fingerprint density at radius 1 is 1.17 bits per heavy atom. The number of alkyl halides is 3. The van der Waals surface area contributed by atoms with Crippen LogP contribution in [0.1, 0.15) is 47.5 Å². The summed E-state index contributed by atoms with van der Waals surface area (Å²) in [4.78, 5) is 31.8. The first-order valence-corrected chi connectivity index (χ1v) is 15.2. The summed E-state index contributed by atoms with van der Waals surface area (Å²) in [5.74, 6) is 0.423. The molecule has 4 aromatic rings. The van der Waals surface area contributed by atoms with Crippen molar-refractivity contribution in [3.05, 3.63) is 63.4 Å². The molecule has 1 aliphatic carbocycles. The van der Waals surface area contributed by atoms with Crippen LogP contribution >= 0.6 is 11.3 Å². The fourth-order valence-corrected chi connectivity index (χ4v) is 7.12. The summed E-state index contributed by atoms with van der Waals surface area (Å²) in [5, 5.41) is 9.86. The number of fused-ring (bicyclic) bond motifs is 1. The molecular weight excluding hydrogens is 581 g/mol. The number of H-pyrrole nitrogens is 2. The minimum atomic E-state index is -4.74. The highest BCUT2D eigenvalue weighted by Gasteiger charge is 2.39. The maximum atomic E-state index is 13.1. The van der Waals surface area contributed by atoms with E-state index < -0.39 is 33.8 Å². The molecule has 2 aromatic carbocycles. The number of hydrogen-bond donors (Lipinski definition) is 4. The molecule has 41 heavy (non-hydrogen) atoms. The lowest BCUT2D eigenvalue weighted by molar-refractivity contribution is -0.147. The first kappa shape index (κ1) is 29.0. The molecule has 2 heterocycles. The van der Waals surface area contributed by atoms with Gasteiger partial charge in [-0.05, 0) is 30.7 Å². The van der Waals surface area contributed by atoms with Gasteiger partial charge >= 0.3 is 11.9 Å². The molecule has 1 amide bonds. The van der Waals surface area contributed by atoms with Gasteiger partial charge in [0.05, 0.1) is 15.5 Å². The Bertz CT molecular complexity index is 1740. The van der Waals surface area contributed by atoms with E-state index in [1.807, 2.05) is 0 Å². The van der Waals surface area contributed by atoms with Crippen LogP contribution in [0.2, 0.25) is 0 Å². The maximum absolute atomic E-state index is 13.1. The molecular formula is C26H27F3N6O4S2. The van der Waals surface area contributed by atoms with Crippen molar-refractivity contribution in [3.8, 4) is 10.4 Å². The minimum Gasteiger partial charge on any atom is -0.350 e. The third-order valence-electron chi connectivity index (χ3n) is 7.04. The Morgan fingerprint density at radius 3 is 2.54 bits per heavy atom. The van der Waals surface area contributed by atoms with Crippen molar-refractivity contribution in [1.82, 2.24) is 30.2 Å². The van der Waals surface area contributed by atoms with Crippen LogP contribution < -0.4 is 15.7 Å². The Hall–Kier alpha value is -3.56. The lowest BCUT2D eigenvalue weighted by atomic mass is 9.81. The lowest BCUT2D eigenvalue weighted by Crippen LogP contribution is -2.43. The van der Waals surface area contributed by atoms with E-state index in [-0.39, 0.29) is 21.8 Å². The van der Waals surface area contributed by atoms with Gasteiger partial charge in [0, 0.05) is 23.9 Å². The molecule has 2 aromatic heterocycles. The molecule has 4 N–H and O–H groups in total. The standard InChI is InChI=1S/C26H27F3N6O4S2/c1-14(26(27,28)29)35-41(38,39)20-10-9-18(16-7-2-3-8-17(16)20)22-19(13-15-5-4-6-15)31-24(40-22)23(36)30-12-11-21-32-25(37)34-33-21/h2-3,7-10,14-15,35H,4-6,11-13H2,1H3,(H,30,36)(H2,32,33,34,37). The number of amides is 1. The zero-order valence-electron chi connectivity index (χ0n) is 21.8. The lowest BCUT2D eigenvalue weighted by Gasteiger charge is -2.24. The van der Waals surface area contributed by atoms with Crippen LogP contribution in [0.3, 0.4) is 0 Å². The molecule has 0 aliphatic heterocycles. The molecule has 1 saturated carbocycles. The number of nitrogens with zero attached hydrogens (tertiary/aromatic N) is 2. The molecule has 10 nitrogen and oxygen atoms in total. The van der Waals surface area contributed by atoms with Gasteiger partial charge in [-0.25, -0.2) is 23.3 Å². The zero-order chi connectivity index (χ0) is 29.4. The SMILES string of the molecule is CC(NS(=O)(=O)c1ccc(-c2sc(C(=O)NCCc3n[nH]c(=O)[nH]3)nc2CC2CCC2)c2ccccc12)C(F)(F)F. The van der Waals surface area contributed by atoms with Gasteiger partial charge in [0.25, 0.3) is 5.91 Å². The average Bonchev–Trinajstić information content (AvgIpc) is 3.50. The summed E-state index contributed by atoms with van der Waals surface area (Å²) in [6.07, 6.45) is -0.589. The maximum Gasteiger partial charge on any atom is 0.404 e. The van der Waals surface area contributed by atoms with Crippen LogP contribution in [0.25, 0.3) is 21.2 Å². The Morgan fingerprint density at radius 2 is 1.90 bits per heavy atom. The highest BCUT2D eigenvalue weighted by molar-refractivity contribution is 7.89. The second-order valence-corrected chi connectivity index (χ2v) is 12.6. The number of aromatic nitrogens is 4. The molecule has 218 valence electrons. The van der Waals surface area contributed by atoms with Gasteiger partial charge in [0.1, 0.15) is 11.9 Å². The van der Waals surface area contributed by atoms with Crippen molar-refractivity contribution in [2.24, 2.45) is 5.92 Å². The van der Waals surface area contributed by atoms with Crippen molar-refractivity contribution in [2.75, 3.05) is 6.54 Å². The first-order chi connectivity index (χ1) is 19.4. The predicted octanol–water partition coefficient (Wildman–Crippen LogP) is 3.92. The van der Waals surface area contributed by atoms with E-state index in [1.165, 1.54) is 17.4 Å². The second kappa shape index (κ2) is 11.4. The van der Waals surface area contributed by atoms with E-state index in [0.29, 0.717) is 46.1 Å². The van der Waals surface area contributed by atoms with Crippen LogP contribution in [-0.2, 0) is 22.9 Å². The third-order valence-corrected chi connectivity index (χ3v) is 9.77. The molecule has 1 unspecified atom stereocenters. The largest absolute Gasteiger partial charge is 0.404 e. The van der Waals surface area contributed by atoms with Crippen LogP contribution in [0, 0.1) is 5.92 Å². The van der Waals surface area contributed by atoms with E-state index in [1.54, 1.807) is 35.1 Å². The molecule has 0 spiro atoms. The van der Waals surface area contributed by atoms with Gasteiger partial charge < -0.3 is 5.32 Å². The van der Waals surface area contributed by atoms with Gasteiger partial charge in [-0.15, -0.1) is 11.3 Å². The van der Waals surface area contributed by atoms with Crippen molar-refractivity contribution in [1.29, 1.82) is 0 Å². The topological polar surface area (TPSA) is 150 Å². The summed E-state index contributed by atoms with van der Waals surface area (Å²) in [5.41, 5.74) is 0.919. The molecule has 0 radical (unpaired) electrons. The molecule has 1 aliphatic rings. The first-order valence-electron chi connectivity index (χ1n) is 12.9. The fraction of sp³-hybridized carbons (Fsp3) is 0.385. The molecule has 1 atom stereocenters. The van der Waals surface area contributed by atoms with Gasteiger partial charge in [-0.3, -0.25) is 9.78 Å². The molecule has 15 heteroatoms. The Labute approximate surface area is 236 Å². The zero-order valence-corrected chi connectivity index (χ0v) is 23.5. The molecule has 1 fully saturated rings. The minimum absolute atomic E-state index is 0.214. The van der Waals surface area contributed by atoms with Crippen LogP contribution in [-0.4, -0.2) is 53.3 Å². The number of carbonyl (C=O) groups is 1.